The van der Waals surface area contributed by atoms with Crippen molar-refractivity contribution < 1.29 is 33.4 Å². The van der Waals surface area contributed by atoms with E-state index in [1.165, 1.54) is 12.1 Å². The first-order valence-corrected chi connectivity index (χ1v) is 10.6. The summed E-state index contributed by atoms with van der Waals surface area (Å²) in [5, 5.41) is 26.5. The van der Waals surface area contributed by atoms with Gasteiger partial charge in [-0.2, -0.15) is 0 Å². The number of benzene rings is 3. The molecular weight excluding hydrogens is 484 g/mol. The number of carboxylic acid groups (broad SMARTS) is 1. The van der Waals surface area contributed by atoms with Crippen molar-refractivity contribution in [3.63, 3.8) is 0 Å². The summed E-state index contributed by atoms with van der Waals surface area (Å²) in [6, 6.07) is 11.7. The summed E-state index contributed by atoms with van der Waals surface area (Å²) in [6.45, 7) is -0.161. The number of anilines is 1. The number of phenolic OH excluding ortho intramolecular Hbond substituents is 1. The lowest BCUT2D eigenvalue weighted by atomic mass is 10.1. The molecule has 0 unspecified atom stereocenters. The zero-order valence-electron chi connectivity index (χ0n) is 18.0. The molecular formula is C24H20ClF2N3O5. The Morgan fingerprint density at radius 1 is 0.943 bits per heavy atom. The highest BCUT2D eigenvalue weighted by molar-refractivity contribution is 6.34. The summed E-state index contributed by atoms with van der Waals surface area (Å²) in [5.41, 5.74) is 1.06. The highest BCUT2D eigenvalue weighted by Crippen LogP contribution is 2.22. The molecule has 0 heterocycles. The SMILES string of the molecule is O=C(NC[C@H](NC(=O)c1ccc(NCc2cccc(O)c2)cc1Cl)C(=O)O)c1cc(F)cc(F)c1. The molecule has 3 aromatic rings. The molecule has 0 fully saturated rings. The number of halogens is 3. The van der Waals surface area contributed by atoms with Gasteiger partial charge in [0.1, 0.15) is 23.4 Å². The second-order valence-corrected chi connectivity index (χ2v) is 7.86. The van der Waals surface area contributed by atoms with Gasteiger partial charge in [0.15, 0.2) is 0 Å². The quantitative estimate of drug-likeness (QED) is 0.304. The second-order valence-electron chi connectivity index (χ2n) is 7.45. The topological polar surface area (TPSA) is 128 Å². The molecule has 0 saturated heterocycles. The summed E-state index contributed by atoms with van der Waals surface area (Å²) in [7, 11) is 0. The molecule has 0 aromatic heterocycles. The van der Waals surface area contributed by atoms with Gasteiger partial charge in [-0.05, 0) is 48.0 Å². The summed E-state index contributed by atoms with van der Waals surface area (Å²) in [5.74, 6) is -4.95. The van der Waals surface area contributed by atoms with Crippen LogP contribution >= 0.6 is 11.6 Å². The minimum Gasteiger partial charge on any atom is -0.508 e. The molecule has 0 saturated carbocycles. The van der Waals surface area contributed by atoms with Crippen LogP contribution in [0.15, 0.2) is 60.7 Å². The third-order valence-electron chi connectivity index (χ3n) is 4.82. The van der Waals surface area contributed by atoms with Crippen molar-refractivity contribution in [1.82, 2.24) is 10.6 Å². The molecule has 0 aliphatic carbocycles. The first-order chi connectivity index (χ1) is 16.6. The van der Waals surface area contributed by atoms with E-state index < -0.39 is 42.0 Å². The number of nitrogens with one attached hydrogen (secondary N) is 3. The maximum absolute atomic E-state index is 13.3. The molecule has 3 aromatic carbocycles. The van der Waals surface area contributed by atoms with Crippen molar-refractivity contribution in [1.29, 1.82) is 0 Å². The van der Waals surface area contributed by atoms with Gasteiger partial charge in [-0.1, -0.05) is 23.7 Å². The maximum atomic E-state index is 13.3. The number of carboxylic acids is 1. The molecule has 0 bridgehead atoms. The van der Waals surface area contributed by atoms with E-state index in [0.717, 1.165) is 17.7 Å². The largest absolute Gasteiger partial charge is 0.508 e. The number of aliphatic carboxylic acids is 1. The summed E-state index contributed by atoms with van der Waals surface area (Å²) < 4.78 is 26.6. The van der Waals surface area contributed by atoms with Crippen molar-refractivity contribution in [3.05, 3.63) is 94.0 Å². The number of phenols is 1. The second kappa shape index (κ2) is 11.3. The van der Waals surface area contributed by atoms with Crippen LogP contribution in [-0.2, 0) is 11.3 Å². The number of amides is 2. The highest BCUT2D eigenvalue weighted by Gasteiger charge is 2.23. The molecule has 3 rings (SSSR count). The summed E-state index contributed by atoms with van der Waals surface area (Å²) in [4.78, 5) is 36.3. The van der Waals surface area contributed by atoms with Crippen LogP contribution in [0.1, 0.15) is 26.3 Å². The molecule has 1 atom stereocenters. The summed E-state index contributed by atoms with van der Waals surface area (Å²) in [6.07, 6.45) is 0. The molecule has 182 valence electrons. The number of carbonyl (C=O) groups is 3. The third-order valence-corrected chi connectivity index (χ3v) is 5.13. The van der Waals surface area contributed by atoms with E-state index in [4.69, 9.17) is 11.6 Å². The zero-order valence-corrected chi connectivity index (χ0v) is 18.8. The van der Waals surface area contributed by atoms with Crippen LogP contribution < -0.4 is 16.0 Å². The lowest BCUT2D eigenvalue weighted by Crippen LogP contribution is -2.48. The van der Waals surface area contributed by atoms with Crippen molar-refractivity contribution in [3.8, 4) is 5.75 Å². The van der Waals surface area contributed by atoms with E-state index in [9.17, 15) is 33.4 Å². The fraction of sp³-hybridized carbons (Fsp3) is 0.125. The molecule has 0 radical (unpaired) electrons. The van der Waals surface area contributed by atoms with Crippen molar-refractivity contribution >= 4 is 35.1 Å². The Hall–Kier alpha value is -4.18. The van der Waals surface area contributed by atoms with E-state index in [1.807, 2.05) is 6.07 Å². The number of hydrogen-bond acceptors (Lipinski definition) is 5. The minimum absolute atomic E-state index is 0.000602. The molecule has 0 aliphatic rings. The normalized spacial score (nSPS) is 11.4. The molecule has 2 amide bonds. The van der Waals surface area contributed by atoms with Crippen molar-refractivity contribution in [2.24, 2.45) is 0 Å². The van der Waals surface area contributed by atoms with Crippen LogP contribution in [0.5, 0.6) is 5.75 Å². The van der Waals surface area contributed by atoms with Gasteiger partial charge in [-0.3, -0.25) is 9.59 Å². The summed E-state index contributed by atoms with van der Waals surface area (Å²) >= 11 is 6.20. The predicted octanol–water partition coefficient (Wildman–Crippen LogP) is 3.55. The van der Waals surface area contributed by atoms with Crippen molar-refractivity contribution in [2.75, 3.05) is 11.9 Å². The average molecular weight is 504 g/mol. The first kappa shape index (κ1) is 25.4. The average Bonchev–Trinajstić information content (AvgIpc) is 2.79. The molecule has 11 heteroatoms. The lowest BCUT2D eigenvalue weighted by Gasteiger charge is -2.16. The van der Waals surface area contributed by atoms with Crippen LogP contribution in [0.2, 0.25) is 5.02 Å². The predicted molar refractivity (Wildman–Crippen MR) is 124 cm³/mol. The van der Waals surface area contributed by atoms with Gasteiger partial charge in [-0.15, -0.1) is 0 Å². The smallest absolute Gasteiger partial charge is 0.328 e. The standard InChI is InChI=1S/C24H20ClF2N3O5/c25-20-10-17(28-11-13-2-1-3-18(31)6-13)4-5-19(20)23(33)30-21(24(34)35)12-29-22(32)14-7-15(26)9-16(27)8-14/h1-10,21,28,31H,11-12H2,(H,29,32)(H,30,33)(H,34,35)/t21-/m0/s1. The van der Waals surface area contributed by atoms with Crippen LogP contribution in [0.4, 0.5) is 14.5 Å². The highest BCUT2D eigenvalue weighted by atomic mass is 35.5. The van der Waals surface area contributed by atoms with Crippen molar-refractivity contribution in [2.45, 2.75) is 12.6 Å². The Balaban J connectivity index is 1.61. The Morgan fingerprint density at radius 3 is 2.29 bits per heavy atom. The third kappa shape index (κ3) is 7.15. The van der Waals surface area contributed by atoms with Gasteiger partial charge < -0.3 is 26.2 Å². The number of rotatable bonds is 9. The van der Waals surface area contributed by atoms with E-state index in [-0.39, 0.29) is 21.9 Å². The van der Waals surface area contributed by atoms with Crippen LogP contribution in [0, 0.1) is 11.6 Å². The van der Waals surface area contributed by atoms with E-state index in [1.54, 1.807) is 24.3 Å². The van der Waals surface area contributed by atoms with Gasteiger partial charge in [0.25, 0.3) is 11.8 Å². The van der Waals surface area contributed by atoms with Crippen LogP contribution in [-0.4, -0.2) is 40.6 Å². The fourth-order valence-corrected chi connectivity index (χ4v) is 3.36. The van der Waals surface area contributed by atoms with Gasteiger partial charge >= 0.3 is 5.97 Å². The van der Waals surface area contributed by atoms with E-state index >= 15 is 0 Å². The Bertz CT molecular complexity index is 1250. The molecule has 5 N–H and O–H groups in total. The Labute approximate surface area is 203 Å². The molecule has 0 spiro atoms. The fourth-order valence-electron chi connectivity index (χ4n) is 3.10. The molecule has 35 heavy (non-hydrogen) atoms. The van der Waals surface area contributed by atoms with E-state index in [0.29, 0.717) is 18.3 Å². The van der Waals surface area contributed by atoms with Crippen LogP contribution in [0.3, 0.4) is 0 Å². The number of carbonyl (C=O) groups excluding carboxylic acids is 2. The lowest BCUT2D eigenvalue weighted by molar-refractivity contribution is -0.139. The van der Waals surface area contributed by atoms with Gasteiger partial charge in [0.05, 0.1) is 10.6 Å². The maximum Gasteiger partial charge on any atom is 0.328 e. The molecule has 0 aliphatic heterocycles. The van der Waals surface area contributed by atoms with Gasteiger partial charge in [0, 0.05) is 30.4 Å². The number of hydrogen-bond donors (Lipinski definition) is 5. The van der Waals surface area contributed by atoms with E-state index in [2.05, 4.69) is 16.0 Å². The molecule has 8 nitrogen and oxygen atoms in total. The monoisotopic (exact) mass is 503 g/mol. The van der Waals surface area contributed by atoms with Crippen LogP contribution in [0.25, 0.3) is 0 Å². The first-order valence-electron chi connectivity index (χ1n) is 10.2. The Morgan fingerprint density at radius 2 is 1.66 bits per heavy atom. The number of aromatic hydroxyl groups is 1. The minimum atomic E-state index is -1.54. The van der Waals surface area contributed by atoms with Gasteiger partial charge in [0.2, 0.25) is 0 Å². The Kier molecular flexibility index (Phi) is 8.21. The zero-order chi connectivity index (χ0) is 25.5. The van der Waals surface area contributed by atoms with Gasteiger partial charge in [-0.25, -0.2) is 13.6 Å².